The Kier molecular flexibility index (Phi) is 9.68. The summed E-state index contributed by atoms with van der Waals surface area (Å²) in [4.78, 5) is 12.6. The van der Waals surface area contributed by atoms with Crippen LogP contribution in [0.15, 0.2) is 66.3 Å². The Labute approximate surface area is 212 Å². The number of carbonyl (C=O) groups is 1. The number of nitrogens with one attached hydrogen (secondary N) is 1. The normalized spacial score (nSPS) is 11.0. The first-order valence-electron chi connectivity index (χ1n) is 10.3. The summed E-state index contributed by atoms with van der Waals surface area (Å²) in [5.41, 5.74) is 3.30. The standard InChI is InChI=1S/C24H27IN4OS2/c1-4-12-29-22(15-31-14-18-8-6-5-7-9-18)27-28-24(29)32-16-23(30)26-21-11-10-19(25)13-20(21)17(2)3/h4-11,13,17H,1,12,14-16H2,2-3H3,(H,26,30). The molecule has 0 saturated carbocycles. The maximum Gasteiger partial charge on any atom is 0.234 e. The van der Waals surface area contributed by atoms with Gasteiger partial charge in [-0.2, -0.15) is 0 Å². The largest absolute Gasteiger partial charge is 0.325 e. The number of halogens is 1. The number of hydrogen-bond acceptors (Lipinski definition) is 5. The molecule has 0 atom stereocenters. The summed E-state index contributed by atoms with van der Waals surface area (Å²) < 4.78 is 3.20. The molecule has 3 rings (SSSR count). The number of rotatable bonds is 11. The van der Waals surface area contributed by atoms with Gasteiger partial charge in [0.05, 0.1) is 11.5 Å². The van der Waals surface area contributed by atoms with Gasteiger partial charge in [-0.15, -0.1) is 28.5 Å². The van der Waals surface area contributed by atoms with E-state index in [0.29, 0.717) is 12.5 Å². The number of anilines is 1. The van der Waals surface area contributed by atoms with Gasteiger partial charge in [-0.3, -0.25) is 4.79 Å². The lowest BCUT2D eigenvalue weighted by Crippen LogP contribution is -2.16. The smallest absolute Gasteiger partial charge is 0.234 e. The van der Waals surface area contributed by atoms with Crippen LogP contribution >= 0.6 is 46.1 Å². The SMILES string of the molecule is C=CCn1c(CSCc2ccccc2)nnc1SCC(=O)Nc1ccc(I)cc1C(C)C. The van der Waals surface area contributed by atoms with Crippen LogP contribution in [0.5, 0.6) is 0 Å². The zero-order valence-corrected chi connectivity index (χ0v) is 22.0. The minimum atomic E-state index is -0.0498. The van der Waals surface area contributed by atoms with Crippen molar-refractivity contribution in [2.45, 2.75) is 43.0 Å². The van der Waals surface area contributed by atoms with Crippen LogP contribution in [-0.2, 0) is 22.8 Å². The molecule has 0 aliphatic heterocycles. The van der Waals surface area contributed by atoms with Gasteiger partial charge in [0.25, 0.3) is 0 Å². The summed E-state index contributed by atoms with van der Waals surface area (Å²) in [6.07, 6.45) is 1.83. The highest BCUT2D eigenvalue weighted by Crippen LogP contribution is 2.27. The van der Waals surface area contributed by atoms with E-state index in [2.05, 4.69) is 88.9 Å². The van der Waals surface area contributed by atoms with Crippen molar-refractivity contribution < 1.29 is 4.79 Å². The number of aromatic nitrogens is 3. The Bertz CT molecular complexity index is 1050. The van der Waals surface area contributed by atoms with E-state index in [-0.39, 0.29) is 11.7 Å². The van der Waals surface area contributed by atoms with Gasteiger partial charge in [-0.05, 0) is 57.8 Å². The second kappa shape index (κ2) is 12.5. The summed E-state index contributed by atoms with van der Waals surface area (Å²) >= 11 is 5.49. The Hall–Kier alpha value is -1.78. The van der Waals surface area contributed by atoms with Crippen LogP contribution in [-0.4, -0.2) is 26.4 Å². The third-order valence-corrected chi connectivity index (χ3v) is 7.33. The molecular formula is C24H27IN4OS2. The topological polar surface area (TPSA) is 59.8 Å². The second-order valence-corrected chi connectivity index (χ2v) is 10.7. The third-order valence-electron chi connectivity index (χ3n) is 4.69. The Balaban J connectivity index is 1.59. The maximum atomic E-state index is 12.6. The van der Waals surface area contributed by atoms with Gasteiger partial charge >= 0.3 is 0 Å². The first kappa shape index (κ1) is 24.9. The molecule has 0 unspecified atom stereocenters. The van der Waals surface area contributed by atoms with Crippen LogP contribution in [0.2, 0.25) is 0 Å². The van der Waals surface area contributed by atoms with E-state index in [0.717, 1.165) is 37.3 Å². The molecular weight excluding hydrogens is 551 g/mol. The maximum absolute atomic E-state index is 12.6. The molecule has 2 aromatic carbocycles. The summed E-state index contributed by atoms with van der Waals surface area (Å²) in [6.45, 7) is 8.74. The average Bonchev–Trinajstić information content (AvgIpc) is 3.16. The lowest BCUT2D eigenvalue weighted by atomic mass is 10.0. The molecule has 0 saturated heterocycles. The van der Waals surface area contributed by atoms with E-state index < -0.39 is 0 Å². The molecule has 1 N–H and O–H groups in total. The number of nitrogens with zero attached hydrogens (tertiary/aromatic N) is 3. The highest BCUT2D eigenvalue weighted by atomic mass is 127. The molecule has 0 spiro atoms. The minimum Gasteiger partial charge on any atom is -0.325 e. The van der Waals surface area contributed by atoms with Crippen molar-refractivity contribution in [2.24, 2.45) is 0 Å². The summed E-state index contributed by atoms with van der Waals surface area (Å²) in [5.74, 6) is 3.12. The van der Waals surface area contributed by atoms with Crippen LogP contribution in [0.25, 0.3) is 0 Å². The van der Waals surface area contributed by atoms with Crippen LogP contribution < -0.4 is 5.32 Å². The van der Waals surface area contributed by atoms with Crippen molar-refractivity contribution in [2.75, 3.05) is 11.1 Å². The number of benzene rings is 2. The monoisotopic (exact) mass is 578 g/mol. The predicted octanol–water partition coefficient (Wildman–Crippen LogP) is 6.36. The van der Waals surface area contributed by atoms with E-state index in [1.54, 1.807) is 11.8 Å². The van der Waals surface area contributed by atoms with Gasteiger partial charge in [0.1, 0.15) is 5.82 Å². The Morgan fingerprint density at radius 2 is 1.97 bits per heavy atom. The van der Waals surface area contributed by atoms with Crippen LogP contribution in [0.1, 0.15) is 36.7 Å². The number of thioether (sulfide) groups is 2. The molecule has 0 radical (unpaired) electrons. The van der Waals surface area contributed by atoms with E-state index in [4.69, 9.17) is 0 Å². The molecule has 32 heavy (non-hydrogen) atoms. The highest BCUT2D eigenvalue weighted by Gasteiger charge is 2.15. The van der Waals surface area contributed by atoms with Gasteiger partial charge in [0, 0.05) is 21.6 Å². The van der Waals surface area contributed by atoms with Crippen LogP contribution in [0.3, 0.4) is 0 Å². The molecule has 5 nitrogen and oxygen atoms in total. The van der Waals surface area contributed by atoms with Crippen molar-refractivity contribution in [1.82, 2.24) is 14.8 Å². The molecule has 3 aromatic rings. The van der Waals surface area contributed by atoms with E-state index in [9.17, 15) is 4.79 Å². The van der Waals surface area contributed by atoms with Crippen LogP contribution in [0.4, 0.5) is 5.69 Å². The Morgan fingerprint density at radius 1 is 1.19 bits per heavy atom. The van der Waals surface area contributed by atoms with E-state index >= 15 is 0 Å². The fraction of sp³-hybridized carbons (Fsp3) is 0.292. The average molecular weight is 579 g/mol. The van der Waals surface area contributed by atoms with Crippen molar-refractivity contribution >= 4 is 57.7 Å². The fourth-order valence-corrected chi connectivity index (χ4v) is 5.33. The van der Waals surface area contributed by atoms with Crippen molar-refractivity contribution in [3.63, 3.8) is 0 Å². The number of carbonyl (C=O) groups excluding carboxylic acids is 1. The highest BCUT2D eigenvalue weighted by molar-refractivity contribution is 14.1. The predicted molar refractivity (Wildman–Crippen MR) is 144 cm³/mol. The molecule has 8 heteroatoms. The molecule has 1 aromatic heterocycles. The third kappa shape index (κ3) is 7.11. The molecule has 0 aliphatic carbocycles. The minimum absolute atomic E-state index is 0.0498. The van der Waals surface area contributed by atoms with Crippen molar-refractivity contribution in [3.05, 3.63) is 81.7 Å². The van der Waals surface area contributed by atoms with Crippen molar-refractivity contribution in [3.8, 4) is 0 Å². The lowest BCUT2D eigenvalue weighted by molar-refractivity contribution is -0.113. The quantitative estimate of drug-likeness (QED) is 0.163. The van der Waals surface area contributed by atoms with Gasteiger partial charge in [-0.25, -0.2) is 0 Å². The fourth-order valence-electron chi connectivity index (χ4n) is 3.12. The zero-order valence-electron chi connectivity index (χ0n) is 18.3. The summed E-state index contributed by atoms with van der Waals surface area (Å²) in [5, 5.41) is 12.5. The molecule has 168 valence electrons. The first-order chi connectivity index (χ1) is 15.5. The molecule has 0 aliphatic rings. The van der Waals surface area contributed by atoms with Gasteiger partial charge in [0.2, 0.25) is 5.91 Å². The number of hydrogen-bond donors (Lipinski definition) is 1. The summed E-state index contributed by atoms with van der Waals surface area (Å²) in [7, 11) is 0. The summed E-state index contributed by atoms with van der Waals surface area (Å²) in [6, 6.07) is 16.5. The van der Waals surface area contributed by atoms with E-state index in [1.165, 1.54) is 17.3 Å². The van der Waals surface area contributed by atoms with Gasteiger partial charge in [0.15, 0.2) is 5.16 Å². The lowest BCUT2D eigenvalue weighted by Gasteiger charge is -2.14. The molecule has 0 bridgehead atoms. The molecule has 1 amide bonds. The van der Waals surface area contributed by atoms with Gasteiger partial charge < -0.3 is 9.88 Å². The number of allylic oxidation sites excluding steroid dienone is 1. The van der Waals surface area contributed by atoms with E-state index in [1.807, 2.05) is 28.8 Å². The number of amides is 1. The molecule has 0 fully saturated rings. The second-order valence-electron chi connectivity index (χ2n) is 7.50. The van der Waals surface area contributed by atoms with Gasteiger partial charge in [-0.1, -0.05) is 62.0 Å². The zero-order chi connectivity index (χ0) is 22.9. The Morgan fingerprint density at radius 3 is 2.69 bits per heavy atom. The van der Waals surface area contributed by atoms with Crippen LogP contribution in [0, 0.1) is 3.57 Å². The molecule has 1 heterocycles. The van der Waals surface area contributed by atoms with Crippen molar-refractivity contribution in [1.29, 1.82) is 0 Å². The first-order valence-corrected chi connectivity index (χ1v) is 13.6.